The van der Waals surface area contributed by atoms with Crippen molar-refractivity contribution in [2.45, 2.75) is 40.0 Å². The van der Waals surface area contributed by atoms with Crippen LogP contribution in [0.25, 0.3) is 0 Å². The number of nitrogens with one attached hydrogen (secondary N) is 1. The summed E-state index contributed by atoms with van der Waals surface area (Å²) in [5.41, 5.74) is 3.67. The van der Waals surface area contributed by atoms with Crippen molar-refractivity contribution in [3.63, 3.8) is 0 Å². The molecule has 1 saturated heterocycles. The minimum absolute atomic E-state index is 0. The van der Waals surface area contributed by atoms with E-state index in [1.807, 2.05) is 13.0 Å². The van der Waals surface area contributed by atoms with Crippen molar-refractivity contribution in [3.8, 4) is 0 Å². The summed E-state index contributed by atoms with van der Waals surface area (Å²) in [6, 6.07) is 18.8. The molecular weight excluding hydrogens is 501 g/mol. The highest BCUT2D eigenvalue weighted by Crippen LogP contribution is 2.18. The monoisotopic (exact) mass is 537 g/mol. The topological polar surface area (TPSA) is 46.1 Å². The van der Waals surface area contributed by atoms with Crippen LogP contribution in [0.15, 0.2) is 59.6 Å². The lowest BCUT2D eigenvalue weighted by atomic mass is 10.1. The van der Waals surface area contributed by atoms with Gasteiger partial charge in [-0.2, -0.15) is 0 Å². The van der Waals surface area contributed by atoms with E-state index in [0.29, 0.717) is 25.7 Å². The Morgan fingerprint density at radius 2 is 1.74 bits per heavy atom. The third-order valence-electron chi connectivity index (χ3n) is 5.36. The van der Waals surface area contributed by atoms with E-state index >= 15 is 0 Å². The van der Waals surface area contributed by atoms with Gasteiger partial charge in [-0.3, -0.25) is 0 Å². The second kappa shape index (κ2) is 14.4. The standard InChI is InChI=1S/C25H35N3O2.HI/c1-3-26-25(27-16-23-12-8-9-13-24(23)20-29-4-2)28-15-14-22(17-28)19-30-18-21-10-6-5-7-11-21;/h5-13,22H,3-4,14-20H2,1-2H3,(H,26,27);1H. The molecule has 1 N–H and O–H groups in total. The normalized spacial score (nSPS) is 16.3. The molecule has 2 aromatic carbocycles. The first-order valence-electron chi connectivity index (χ1n) is 11.1. The number of likely N-dealkylation sites (tertiary alicyclic amines) is 1. The van der Waals surface area contributed by atoms with Gasteiger partial charge in [0.1, 0.15) is 0 Å². The van der Waals surface area contributed by atoms with Crippen molar-refractivity contribution < 1.29 is 9.47 Å². The number of nitrogens with zero attached hydrogens (tertiary/aromatic N) is 2. The zero-order valence-electron chi connectivity index (χ0n) is 18.8. The Labute approximate surface area is 204 Å². The lowest BCUT2D eigenvalue weighted by Gasteiger charge is -2.22. The van der Waals surface area contributed by atoms with Gasteiger partial charge in [-0.15, -0.1) is 24.0 Å². The summed E-state index contributed by atoms with van der Waals surface area (Å²) in [6.07, 6.45) is 1.14. The van der Waals surface area contributed by atoms with Crippen LogP contribution in [0.3, 0.4) is 0 Å². The maximum absolute atomic E-state index is 5.97. The Hall–Kier alpha value is -1.64. The van der Waals surface area contributed by atoms with Crippen LogP contribution >= 0.6 is 24.0 Å². The molecule has 0 spiro atoms. The van der Waals surface area contributed by atoms with E-state index in [0.717, 1.165) is 45.2 Å². The Kier molecular flexibility index (Phi) is 11.9. The minimum Gasteiger partial charge on any atom is -0.377 e. The lowest BCUT2D eigenvalue weighted by Crippen LogP contribution is -2.40. The summed E-state index contributed by atoms with van der Waals surface area (Å²) in [7, 11) is 0. The second-order valence-corrected chi connectivity index (χ2v) is 7.68. The summed E-state index contributed by atoms with van der Waals surface area (Å²) in [5.74, 6) is 1.54. The fourth-order valence-electron chi connectivity index (χ4n) is 3.73. The number of hydrogen-bond donors (Lipinski definition) is 1. The summed E-state index contributed by atoms with van der Waals surface area (Å²) in [5, 5.41) is 3.46. The van der Waals surface area contributed by atoms with E-state index in [1.54, 1.807) is 0 Å². The third-order valence-corrected chi connectivity index (χ3v) is 5.36. The van der Waals surface area contributed by atoms with Gasteiger partial charge in [0.2, 0.25) is 0 Å². The van der Waals surface area contributed by atoms with E-state index in [2.05, 4.69) is 65.7 Å². The molecule has 5 nitrogen and oxygen atoms in total. The molecule has 3 rings (SSSR count). The van der Waals surface area contributed by atoms with Crippen LogP contribution in [0.2, 0.25) is 0 Å². The molecular formula is C25H36IN3O2. The first-order valence-corrected chi connectivity index (χ1v) is 11.1. The molecule has 1 fully saturated rings. The molecule has 0 saturated carbocycles. The quantitative estimate of drug-likeness (QED) is 0.268. The maximum atomic E-state index is 5.97. The van der Waals surface area contributed by atoms with Crippen LogP contribution < -0.4 is 5.32 Å². The summed E-state index contributed by atoms with van der Waals surface area (Å²) >= 11 is 0. The number of halogens is 1. The predicted octanol–water partition coefficient (Wildman–Crippen LogP) is 4.85. The van der Waals surface area contributed by atoms with Gasteiger partial charge in [0, 0.05) is 32.2 Å². The van der Waals surface area contributed by atoms with Crippen molar-refractivity contribution in [1.82, 2.24) is 10.2 Å². The fraction of sp³-hybridized carbons (Fsp3) is 0.480. The van der Waals surface area contributed by atoms with Gasteiger partial charge in [-0.25, -0.2) is 4.99 Å². The van der Waals surface area contributed by atoms with E-state index in [9.17, 15) is 0 Å². The molecule has 1 atom stereocenters. The smallest absolute Gasteiger partial charge is 0.194 e. The Morgan fingerprint density at radius 3 is 2.48 bits per heavy atom. The highest BCUT2D eigenvalue weighted by Gasteiger charge is 2.25. The molecule has 0 aromatic heterocycles. The molecule has 0 bridgehead atoms. The van der Waals surface area contributed by atoms with Crippen molar-refractivity contribution >= 4 is 29.9 Å². The van der Waals surface area contributed by atoms with Gasteiger partial charge in [-0.05, 0) is 37.0 Å². The van der Waals surface area contributed by atoms with Gasteiger partial charge < -0.3 is 19.7 Å². The number of hydrogen-bond acceptors (Lipinski definition) is 3. The molecule has 2 aromatic rings. The zero-order chi connectivity index (χ0) is 21.0. The molecule has 170 valence electrons. The Balaban J connectivity index is 0.00000341. The maximum Gasteiger partial charge on any atom is 0.194 e. The van der Waals surface area contributed by atoms with Crippen molar-refractivity contribution in [3.05, 3.63) is 71.3 Å². The van der Waals surface area contributed by atoms with Crippen LogP contribution in [0.1, 0.15) is 37.0 Å². The predicted molar refractivity (Wildman–Crippen MR) is 138 cm³/mol. The third kappa shape index (κ3) is 8.43. The van der Waals surface area contributed by atoms with Crippen LogP contribution in [0.5, 0.6) is 0 Å². The average Bonchev–Trinajstić information content (AvgIpc) is 3.25. The van der Waals surface area contributed by atoms with Gasteiger partial charge >= 0.3 is 0 Å². The number of aliphatic imine (C=N–C) groups is 1. The number of ether oxygens (including phenoxy) is 2. The molecule has 31 heavy (non-hydrogen) atoms. The molecule has 6 heteroatoms. The molecule has 0 radical (unpaired) electrons. The summed E-state index contributed by atoms with van der Waals surface area (Å²) < 4.78 is 11.6. The Bertz CT molecular complexity index is 785. The average molecular weight is 537 g/mol. The molecule has 1 unspecified atom stereocenters. The zero-order valence-corrected chi connectivity index (χ0v) is 21.1. The minimum atomic E-state index is 0. The molecule has 1 heterocycles. The number of rotatable bonds is 10. The largest absolute Gasteiger partial charge is 0.377 e. The van der Waals surface area contributed by atoms with Crippen LogP contribution in [0.4, 0.5) is 0 Å². The first-order chi connectivity index (χ1) is 14.8. The van der Waals surface area contributed by atoms with Gasteiger partial charge in [0.05, 0.1) is 26.4 Å². The summed E-state index contributed by atoms with van der Waals surface area (Å²) in [4.78, 5) is 7.30. The van der Waals surface area contributed by atoms with Crippen LogP contribution in [-0.2, 0) is 29.2 Å². The lowest BCUT2D eigenvalue weighted by molar-refractivity contribution is 0.0906. The van der Waals surface area contributed by atoms with Crippen molar-refractivity contribution in [2.75, 3.05) is 32.8 Å². The summed E-state index contributed by atoms with van der Waals surface area (Å²) in [6.45, 7) is 10.5. The van der Waals surface area contributed by atoms with Gasteiger partial charge in [-0.1, -0.05) is 54.6 Å². The molecule has 1 aliphatic heterocycles. The fourth-order valence-corrected chi connectivity index (χ4v) is 3.73. The van der Waals surface area contributed by atoms with E-state index in [1.165, 1.54) is 16.7 Å². The highest BCUT2D eigenvalue weighted by molar-refractivity contribution is 14.0. The van der Waals surface area contributed by atoms with Crippen molar-refractivity contribution in [1.29, 1.82) is 0 Å². The van der Waals surface area contributed by atoms with E-state index in [4.69, 9.17) is 14.5 Å². The van der Waals surface area contributed by atoms with Gasteiger partial charge in [0.15, 0.2) is 5.96 Å². The van der Waals surface area contributed by atoms with Crippen molar-refractivity contribution in [2.24, 2.45) is 10.9 Å². The Morgan fingerprint density at radius 1 is 1.00 bits per heavy atom. The first kappa shape index (κ1) is 25.6. The van der Waals surface area contributed by atoms with E-state index < -0.39 is 0 Å². The molecule has 0 aliphatic carbocycles. The van der Waals surface area contributed by atoms with Crippen LogP contribution in [0, 0.1) is 5.92 Å². The second-order valence-electron chi connectivity index (χ2n) is 7.68. The van der Waals surface area contributed by atoms with Gasteiger partial charge in [0.25, 0.3) is 0 Å². The number of guanidine groups is 1. The molecule has 1 aliphatic rings. The number of benzene rings is 2. The highest BCUT2D eigenvalue weighted by atomic mass is 127. The van der Waals surface area contributed by atoms with Crippen LogP contribution in [-0.4, -0.2) is 43.7 Å². The molecule has 0 amide bonds. The van der Waals surface area contributed by atoms with E-state index in [-0.39, 0.29) is 24.0 Å². The SMILES string of the molecule is CCNC(=NCc1ccccc1COCC)N1CCC(COCc2ccccc2)C1.I.